The molecule has 0 saturated heterocycles. The van der Waals surface area contributed by atoms with Crippen molar-refractivity contribution in [1.82, 2.24) is 0 Å². The van der Waals surface area contributed by atoms with E-state index in [1.54, 1.807) is 6.07 Å². The van der Waals surface area contributed by atoms with Gasteiger partial charge >= 0.3 is 6.18 Å². The number of nitriles is 1. The van der Waals surface area contributed by atoms with E-state index < -0.39 is 29.3 Å². The zero-order chi connectivity index (χ0) is 24.6. The molecule has 0 radical (unpaired) electrons. The summed E-state index contributed by atoms with van der Waals surface area (Å²) in [5.41, 5.74) is -0.734. The van der Waals surface area contributed by atoms with Crippen molar-refractivity contribution >= 4 is 17.4 Å². The van der Waals surface area contributed by atoms with Gasteiger partial charge in [-0.2, -0.15) is 18.4 Å². The van der Waals surface area contributed by atoms with Crippen LogP contribution in [0.15, 0.2) is 78.9 Å². The molecule has 0 aromatic heterocycles. The maximum absolute atomic E-state index is 12.7. The van der Waals surface area contributed by atoms with Gasteiger partial charge in [-0.3, -0.25) is 9.59 Å². The molecule has 3 aromatic carbocycles. The van der Waals surface area contributed by atoms with Crippen LogP contribution in [0, 0.1) is 17.2 Å². The second kappa shape index (κ2) is 11.0. The Labute approximate surface area is 193 Å². The first kappa shape index (κ1) is 24.3. The Morgan fingerprint density at radius 3 is 1.94 bits per heavy atom. The Hall–Kier alpha value is -4.32. The molecule has 0 spiro atoms. The second-order valence-corrected chi connectivity index (χ2v) is 7.03. The van der Waals surface area contributed by atoms with Gasteiger partial charge in [0.2, 0.25) is 5.91 Å². The molecule has 0 bridgehead atoms. The van der Waals surface area contributed by atoms with Crippen molar-refractivity contribution in [3.63, 3.8) is 0 Å². The number of rotatable bonds is 9. The van der Waals surface area contributed by atoms with Gasteiger partial charge in [0.1, 0.15) is 24.7 Å². The van der Waals surface area contributed by atoms with Crippen LogP contribution in [-0.4, -0.2) is 24.9 Å². The van der Waals surface area contributed by atoms with E-state index in [0.29, 0.717) is 18.1 Å². The van der Waals surface area contributed by atoms with E-state index in [1.165, 1.54) is 24.3 Å². The lowest BCUT2D eigenvalue weighted by molar-refractivity contribution is -0.137. The molecule has 3 aromatic rings. The summed E-state index contributed by atoms with van der Waals surface area (Å²) in [7, 11) is 0. The summed E-state index contributed by atoms with van der Waals surface area (Å²) in [5, 5.41) is 11.6. The minimum Gasteiger partial charge on any atom is -0.490 e. The van der Waals surface area contributed by atoms with Crippen LogP contribution in [0.5, 0.6) is 11.5 Å². The lowest BCUT2D eigenvalue weighted by atomic mass is 9.98. The molecule has 0 aliphatic carbocycles. The molecular weight excluding hydrogens is 449 g/mol. The van der Waals surface area contributed by atoms with Crippen molar-refractivity contribution < 1.29 is 32.2 Å². The number of ether oxygens (including phenoxy) is 2. The van der Waals surface area contributed by atoms with Crippen molar-refractivity contribution in [1.29, 1.82) is 5.26 Å². The van der Waals surface area contributed by atoms with Crippen LogP contribution in [-0.2, 0) is 11.0 Å². The smallest absolute Gasteiger partial charge is 0.416 e. The predicted molar refractivity (Wildman–Crippen MR) is 117 cm³/mol. The number of amides is 1. The lowest BCUT2D eigenvalue weighted by Gasteiger charge is -2.12. The molecule has 3 rings (SSSR count). The third kappa shape index (κ3) is 6.59. The average Bonchev–Trinajstić information content (AvgIpc) is 2.83. The average molecular weight is 468 g/mol. The van der Waals surface area contributed by atoms with Crippen LogP contribution < -0.4 is 14.8 Å². The quantitative estimate of drug-likeness (QED) is 0.267. The third-order valence-electron chi connectivity index (χ3n) is 4.64. The van der Waals surface area contributed by atoms with E-state index in [2.05, 4.69) is 5.32 Å². The molecule has 1 amide bonds. The summed E-state index contributed by atoms with van der Waals surface area (Å²) in [6.45, 7) is 0.573. The molecule has 0 aliphatic rings. The van der Waals surface area contributed by atoms with E-state index in [0.717, 1.165) is 24.3 Å². The molecule has 1 N–H and O–H groups in total. The number of ketones is 1. The highest BCUT2D eigenvalue weighted by atomic mass is 19.4. The van der Waals surface area contributed by atoms with Gasteiger partial charge in [0, 0.05) is 11.3 Å². The minimum atomic E-state index is -4.52. The first-order valence-corrected chi connectivity index (χ1v) is 10.1. The largest absolute Gasteiger partial charge is 0.490 e. The van der Waals surface area contributed by atoms with Crippen molar-refractivity contribution in [2.24, 2.45) is 5.92 Å². The number of carbonyl (C=O) groups is 2. The standard InChI is InChI=1S/C25H19F3N2O4/c26-25(27,28)18-8-10-19(11-9-18)30-24(32)22(16-29)23(31)17-6-12-21(13-7-17)34-15-14-33-20-4-2-1-3-5-20/h1-13,22H,14-15H2,(H,30,32). The zero-order valence-electron chi connectivity index (χ0n) is 17.7. The number of nitrogens with zero attached hydrogens (tertiary/aromatic N) is 1. The van der Waals surface area contributed by atoms with Gasteiger partial charge in [0.05, 0.1) is 11.6 Å². The summed E-state index contributed by atoms with van der Waals surface area (Å²) in [6, 6.07) is 20.4. The molecule has 9 heteroatoms. The fourth-order valence-electron chi connectivity index (χ4n) is 2.91. The van der Waals surface area contributed by atoms with E-state index in [4.69, 9.17) is 9.47 Å². The van der Waals surface area contributed by atoms with Gasteiger partial charge < -0.3 is 14.8 Å². The van der Waals surface area contributed by atoms with Crippen LogP contribution in [0.1, 0.15) is 15.9 Å². The maximum Gasteiger partial charge on any atom is 0.416 e. The highest BCUT2D eigenvalue weighted by Gasteiger charge is 2.31. The summed E-state index contributed by atoms with van der Waals surface area (Å²) in [5.74, 6) is -2.18. The SMILES string of the molecule is N#CC(C(=O)Nc1ccc(C(F)(F)F)cc1)C(=O)c1ccc(OCCOc2ccccc2)cc1. The molecule has 6 nitrogen and oxygen atoms in total. The highest BCUT2D eigenvalue weighted by molar-refractivity contribution is 6.15. The fraction of sp³-hybridized carbons (Fsp3) is 0.160. The molecule has 1 unspecified atom stereocenters. The van der Waals surface area contributed by atoms with Gasteiger partial charge in [0.25, 0.3) is 0 Å². The monoisotopic (exact) mass is 468 g/mol. The predicted octanol–water partition coefficient (Wildman–Crippen LogP) is 5.12. The highest BCUT2D eigenvalue weighted by Crippen LogP contribution is 2.30. The van der Waals surface area contributed by atoms with Crippen LogP contribution in [0.3, 0.4) is 0 Å². The molecule has 174 valence electrons. The van der Waals surface area contributed by atoms with Crippen molar-refractivity contribution in [2.45, 2.75) is 6.18 Å². The van der Waals surface area contributed by atoms with Gasteiger partial charge in [0.15, 0.2) is 11.7 Å². The molecule has 0 fully saturated rings. The third-order valence-corrected chi connectivity index (χ3v) is 4.64. The fourth-order valence-corrected chi connectivity index (χ4v) is 2.91. The summed E-state index contributed by atoms with van der Waals surface area (Å²) < 4.78 is 49.0. The number of nitrogens with one attached hydrogen (secondary N) is 1. The molecule has 0 aliphatic heterocycles. The molecule has 0 heterocycles. The van der Waals surface area contributed by atoms with Crippen LogP contribution in [0.4, 0.5) is 18.9 Å². The Morgan fingerprint density at radius 2 is 1.41 bits per heavy atom. The molecule has 1 atom stereocenters. The van der Waals surface area contributed by atoms with E-state index in [-0.39, 0.29) is 17.9 Å². The van der Waals surface area contributed by atoms with Crippen LogP contribution in [0.2, 0.25) is 0 Å². The number of halogens is 3. The minimum absolute atomic E-state index is 0.0347. The van der Waals surface area contributed by atoms with Gasteiger partial charge in [-0.25, -0.2) is 0 Å². The number of anilines is 1. The molecule has 0 saturated carbocycles. The van der Waals surface area contributed by atoms with Crippen molar-refractivity contribution in [2.75, 3.05) is 18.5 Å². The Kier molecular flexibility index (Phi) is 7.88. The molecule has 34 heavy (non-hydrogen) atoms. The Balaban J connectivity index is 1.54. The van der Waals surface area contributed by atoms with Gasteiger partial charge in [-0.15, -0.1) is 0 Å². The number of Topliss-reactive ketones (excluding diaryl/α,β-unsaturated/α-hetero) is 1. The zero-order valence-corrected chi connectivity index (χ0v) is 17.7. The van der Waals surface area contributed by atoms with Gasteiger partial charge in [-0.1, -0.05) is 18.2 Å². The number of carbonyl (C=O) groups excluding carboxylic acids is 2. The summed E-state index contributed by atoms with van der Waals surface area (Å²) in [6.07, 6.45) is -4.52. The Morgan fingerprint density at radius 1 is 0.853 bits per heavy atom. The van der Waals surface area contributed by atoms with Crippen molar-refractivity contribution in [3.05, 3.63) is 90.0 Å². The number of alkyl halides is 3. The number of benzene rings is 3. The summed E-state index contributed by atoms with van der Waals surface area (Å²) in [4.78, 5) is 25.0. The Bertz CT molecular complexity index is 1160. The van der Waals surface area contributed by atoms with Crippen LogP contribution in [0.25, 0.3) is 0 Å². The molecular formula is C25H19F3N2O4. The number of para-hydroxylation sites is 1. The lowest BCUT2D eigenvalue weighted by Crippen LogP contribution is -2.28. The van der Waals surface area contributed by atoms with Crippen molar-refractivity contribution in [3.8, 4) is 17.6 Å². The topological polar surface area (TPSA) is 88.4 Å². The van der Waals surface area contributed by atoms with E-state index >= 15 is 0 Å². The first-order valence-electron chi connectivity index (χ1n) is 10.1. The van der Waals surface area contributed by atoms with E-state index in [9.17, 15) is 28.0 Å². The maximum atomic E-state index is 12.7. The van der Waals surface area contributed by atoms with E-state index in [1.807, 2.05) is 30.3 Å². The number of hydrogen-bond donors (Lipinski definition) is 1. The number of hydrogen-bond acceptors (Lipinski definition) is 5. The summed E-state index contributed by atoms with van der Waals surface area (Å²) >= 11 is 0. The normalized spacial score (nSPS) is 11.7. The van der Waals surface area contributed by atoms with Crippen LogP contribution >= 0.6 is 0 Å². The second-order valence-electron chi connectivity index (χ2n) is 7.03. The van der Waals surface area contributed by atoms with Gasteiger partial charge in [-0.05, 0) is 60.7 Å². The first-order chi connectivity index (χ1) is 16.3.